The quantitative estimate of drug-likeness (QED) is 0.117. The van der Waals surface area contributed by atoms with Gasteiger partial charge in [0.05, 0.1) is 29.0 Å². The lowest BCUT2D eigenvalue weighted by Gasteiger charge is -2.20. The summed E-state index contributed by atoms with van der Waals surface area (Å²) in [5.74, 6) is -1.48. The Bertz CT molecular complexity index is 1730. The number of anilines is 2. The SMILES string of the molecule is CC(C)(O)CNC(=O)CNC(=O)OC(Cc1ccccc1)c1cccc(Nc2sc(-c3ccc(C(C)(C)O)cc3F)cc2C(N)=O)n1. The maximum Gasteiger partial charge on any atom is 0.408 e. The number of aromatic nitrogens is 1. The lowest BCUT2D eigenvalue weighted by molar-refractivity contribution is -0.121. The molecule has 7 N–H and O–H groups in total. The largest absolute Gasteiger partial charge is 0.439 e. The highest BCUT2D eigenvalue weighted by atomic mass is 32.1. The van der Waals surface area contributed by atoms with Gasteiger partial charge in [0.15, 0.2) is 0 Å². The zero-order chi connectivity index (χ0) is 34.4. The molecule has 2 aromatic heterocycles. The van der Waals surface area contributed by atoms with Crippen molar-refractivity contribution in [3.63, 3.8) is 0 Å². The van der Waals surface area contributed by atoms with E-state index in [1.165, 1.54) is 18.2 Å². The Morgan fingerprint density at radius 2 is 1.70 bits per heavy atom. The van der Waals surface area contributed by atoms with Gasteiger partial charge in [0.1, 0.15) is 22.7 Å². The number of pyridine rings is 1. The highest BCUT2D eigenvalue weighted by Crippen LogP contribution is 2.39. The van der Waals surface area contributed by atoms with Crippen molar-refractivity contribution in [3.8, 4) is 10.4 Å². The second kappa shape index (κ2) is 14.7. The molecule has 1 unspecified atom stereocenters. The van der Waals surface area contributed by atoms with Crippen molar-refractivity contribution < 1.29 is 33.7 Å². The van der Waals surface area contributed by atoms with E-state index < -0.39 is 41.0 Å². The summed E-state index contributed by atoms with van der Waals surface area (Å²) >= 11 is 1.10. The Labute approximate surface area is 276 Å². The normalized spacial score (nSPS) is 12.2. The van der Waals surface area contributed by atoms with Gasteiger partial charge in [-0.1, -0.05) is 48.5 Å². The number of hydrogen-bond acceptors (Lipinski definition) is 9. The van der Waals surface area contributed by atoms with Crippen molar-refractivity contribution in [3.05, 3.63) is 101 Å². The predicted octanol–water partition coefficient (Wildman–Crippen LogP) is 4.92. The lowest BCUT2D eigenvalue weighted by atomic mass is 9.96. The number of halogens is 1. The zero-order valence-electron chi connectivity index (χ0n) is 26.5. The molecular weight excluding hydrogens is 625 g/mol. The molecular formula is C34H38FN5O6S. The fourth-order valence-electron chi connectivity index (χ4n) is 4.45. The molecule has 248 valence electrons. The highest BCUT2D eigenvalue weighted by molar-refractivity contribution is 7.20. The fraction of sp³-hybridized carbons (Fsp3) is 0.294. The summed E-state index contributed by atoms with van der Waals surface area (Å²) in [7, 11) is 0. The van der Waals surface area contributed by atoms with Crippen LogP contribution in [0.2, 0.25) is 0 Å². The summed E-state index contributed by atoms with van der Waals surface area (Å²) in [6.45, 7) is 5.85. The first-order valence-corrected chi connectivity index (χ1v) is 15.6. The van der Waals surface area contributed by atoms with Gasteiger partial charge in [0.25, 0.3) is 5.91 Å². The molecule has 0 fully saturated rings. The van der Waals surface area contributed by atoms with E-state index in [-0.39, 0.29) is 30.6 Å². The van der Waals surface area contributed by atoms with E-state index in [9.17, 15) is 24.6 Å². The van der Waals surface area contributed by atoms with Crippen molar-refractivity contribution >= 4 is 40.1 Å². The van der Waals surface area contributed by atoms with E-state index in [1.54, 1.807) is 52.0 Å². The number of amides is 3. The molecule has 0 spiro atoms. The summed E-state index contributed by atoms with van der Waals surface area (Å²) in [4.78, 5) is 42.3. The molecule has 0 bridgehead atoms. The van der Waals surface area contributed by atoms with Crippen molar-refractivity contribution in [2.24, 2.45) is 5.73 Å². The van der Waals surface area contributed by atoms with Gasteiger partial charge in [-0.2, -0.15) is 0 Å². The number of rotatable bonds is 13. The van der Waals surface area contributed by atoms with Crippen molar-refractivity contribution in [2.75, 3.05) is 18.4 Å². The molecule has 1 atom stereocenters. The average Bonchev–Trinajstić information content (AvgIpc) is 3.42. The van der Waals surface area contributed by atoms with Gasteiger partial charge in [-0.05, 0) is 63.1 Å². The molecule has 2 aromatic carbocycles. The van der Waals surface area contributed by atoms with E-state index in [2.05, 4.69) is 20.9 Å². The van der Waals surface area contributed by atoms with Crippen LogP contribution < -0.4 is 21.7 Å². The van der Waals surface area contributed by atoms with E-state index >= 15 is 4.39 Å². The van der Waals surface area contributed by atoms with Crippen LogP contribution in [-0.2, 0) is 21.6 Å². The van der Waals surface area contributed by atoms with E-state index in [1.807, 2.05) is 30.3 Å². The number of nitrogens with one attached hydrogen (secondary N) is 3. The Balaban J connectivity index is 1.56. The Kier molecular flexibility index (Phi) is 11.0. The summed E-state index contributed by atoms with van der Waals surface area (Å²) in [6.07, 6.45) is -1.44. The number of carbonyl (C=O) groups is 3. The number of aliphatic hydroxyl groups is 2. The minimum absolute atomic E-state index is 0.00931. The Morgan fingerprint density at radius 3 is 2.34 bits per heavy atom. The van der Waals surface area contributed by atoms with Crippen LogP contribution >= 0.6 is 11.3 Å². The van der Waals surface area contributed by atoms with Gasteiger partial charge in [0.2, 0.25) is 5.91 Å². The molecule has 2 heterocycles. The van der Waals surface area contributed by atoms with Crippen molar-refractivity contribution in [1.29, 1.82) is 0 Å². The first-order chi connectivity index (χ1) is 22.1. The number of nitrogens with two attached hydrogens (primary N) is 1. The Morgan fingerprint density at radius 1 is 0.979 bits per heavy atom. The third kappa shape index (κ3) is 10.1. The van der Waals surface area contributed by atoms with Crippen molar-refractivity contribution in [2.45, 2.75) is 51.4 Å². The summed E-state index contributed by atoms with van der Waals surface area (Å²) in [5.41, 5.74) is 5.33. The maximum atomic E-state index is 15.1. The third-order valence-corrected chi connectivity index (χ3v) is 7.99. The molecule has 4 aromatic rings. The van der Waals surface area contributed by atoms with Crippen LogP contribution in [0.4, 0.5) is 20.0 Å². The number of ether oxygens (including phenoxy) is 1. The third-order valence-electron chi connectivity index (χ3n) is 6.91. The molecule has 11 nitrogen and oxygen atoms in total. The molecule has 13 heteroatoms. The van der Waals surface area contributed by atoms with Crippen molar-refractivity contribution in [1.82, 2.24) is 15.6 Å². The molecule has 4 rings (SSSR count). The van der Waals surface area contributed by atoms with E-state index in [0.717, 1.165) is 16.9 Å². The number of primary amides is 1. The number of thiophene rings is 1. The molecule has 0 aliphatic carbocycles. The second-order valence-electron chi connectivity index (χ2n) is 12.1. The van der Waals surface area contributed by atoms with Gasteiger partial charge in [0, 0.05) is 23.4 Å². The van der Waals surface area contributed by atoms with Crippen LogP contribution in [0.3, 0.4) is 0 Å². The van der Waals surface area contributed by atoms with E-state index in [4.69, 9.17) is 10.5 Å². The van der Waals surface area contributed by atoms with Crippen LogP contribution in [0.25, 0.3) is 10.4 Å². The zero-order valence-corrected chi connectivity index (χ0v) is 27.3. The number of nitrogens with zero attached hydrogens (tertiary/aromatic N) is 1. The van der Waals surface area contributed by atoms with Crippen LogP contribution in [0.5, 0.6) is 0 Å². The molecule has 0 aliphatic rings. The standard InChI is InChI=1S/C34H38FN5O6S/c1-33(2,44)19-38-29(41)18-37-32(43)46-26(15-20-9-6-5-7-10-20)25-11-8-12-28(39-25)40-31-23(30(36)42)17-27(47-31)22-14-13-21(16-24(22)35)34(3,4)45/h5-14,16-17,26,44-45H,15,18-19H2,1-4H3,(H2,36,42)(H,37,43)(H,38,41)(H,39,40). The van der Waals surface area contributed by atoms with Crippen LogP contribution in [0, 0.1) is 5.82 Å². The molecule has 47 heavy (non-hydrogen) atoms. The maximum absolute atomic E-state index is 15.1. The molecule has 0 saturated carbocycles. The molecule has 0 radical (unpaired) electrons. The number of alkyl carbamates (subject to hydrolysis) is 1. The van der Waals surface area contributed by atoms with Gasteiger partial charge >= 0.3 is 6.09 Å². The summed E-state index contributed by atoms with van der Waals surface area (Å²) < 4.78 is 20.8. The van der Waals surface area contributed by atoms with Crippen LogP contribution in [0.15, 0.2) is 72.8 Å². The minimum Gasteiger partial charge on any atom is -0.439 e. The van der Waals surface area contributed by atoms with Gasteiger partial charge in [-0.3, -0.25) is 9.59 Å². The summed E-state index contributed by atoms with van der Waals surface area (Å²) in [6, 6.07) is 20.2. The monoisotopic (exact) mass is 663 g/mol. The van der Waals surface area contributed by atoms with Crippen LogP contribution in [0.1, 0.15) is 61.0 Å². The molecule has 0 saturated heterocycles. The highest BCUT2D eigenvalue weighted by Gasteiger charge is 2.23. The first kappa shape index (κ1) is 35.0. The van der Waals surface area contributed by atoms with Gasteiger partial charge in [-0.15, -0.1) is 11.3 Å². The van der Waals surface area contributed by atoms with Gasteiger partial charge < -0.3 is 36.6 Å². The molecule has 3 amide bonds. The summed E-state index contributed by atoms with van der Waals surface area (Å²) in [5, 5.41) is 28.4. The number of benzene rings is 2. The minimum atomic E-state index is -1.23. The smallest absolute Gasteiger partial charge is 0.408 e. The Hall–Kier alpha value is -4.85. The number of hydrogen-bond donors (Lipinski definition) is 6. The molecule has 0 aliphatic heterocycles. The second-order valence-corrected chi connectivity index (χ2v) is 13.1. The average molecular weight is 664 g/mol. The first-order valence-electron chi connectivity index (χ1n) is 14.8. The fourth-order valence-corrected chi connectivity index (χ4v) is 5.54. The topological polar surface area (TPSA) is 176 Å². The lowest BCUT2D eigenvalue weighted by Crippen LogP contribution is -2.43. The van der Waals surface area contributed by atoms with E-state index in [0.29, 0.717) is 27.0 Å². The number of carbonyl (C=O) groups excluding carboxylic acids is 3. The van der Waals surface area contributed by atoms with Gasteiger partial charge in [-0.25, -0.2) is 14.2 Å². The van der Waals surface area contributed by atoms with Crippen LogP contribution in [-0.4, -0.2) is 51.8 Å². The predicted molar refractivity (Wildman–Crippen MR) is 178 cm³/mol.